The van der Waals surface area contributed by atoms with Gasteiger partial charge in [0.25, 0.3) is 0 Å². The van der Waals surface area contributed by atoms with Gasteiger partial charge in [0.05, 0.1) is 6.61 Å². The van der Waals surface area contributed by atoms with E-state index in [-0.39, 0.29) is 18.4 Å². The zero-order valence-corrected chi connectivity index (χ0v) is 13.4. The first-order valence-corrected chi connectivity index (χ1v) is 7.54. The van der Waals surface area contributed by atoms with Gasteiger partial charge in [-0.25, -0.2) is 9.18 Å². The Balaban J connectivity index is 1.86. The lowest BCUT2D eigenvalue weighted by Crippen LogP contribution is -2.36. The van der Waals surface area contributed by atoms with Gasteiger partial charge < -0.3 is 15.0 Å². The summed E-state index contributed by atoms with van der Waals surface area (Å²) in [5.74, 6) is 0.491. The average molecular weight is 316 g/mol. The van der Waals surface area contributed by atoms with Gasteiger partial charge in [-0.15, -0.1) is 0 Å². The molecule has 0 unspecified atom stereocenters. The van der Waals surface area contributed by atoms with Crippen molar-refractivity contribution < 1.29 is 13.9 Å². The van der Waals surface area contributed by atoms with Crippen LogP contribution in [0.3, 0.4) is 0 Å². The fraction of sp³-hybridized carbons (Fsp3) is 0.278. The fourth-order valence-electron chi connectivity index (χ4n) is 2.15. The number of rotatable bonds is 6. The summed E-state index contributed by atoms with van der Waals surface area (Å²) in [5, 5.41) is 2.71. The molecule has 0 aliphatic heterocycles. The van der Waals surface area contributed by atoms with E-state index < -0.39 is 0 Å². The number of halogens is 1. The molecule has 5 heteroatoms. The number of urea groups is 1. The van der Waals surface area contributed by atoms with E-state index in [4.69, 9.17) is 4.74 Å². The van der Waals surface area contributed by atoms with Gasteiger partial charge in [-0.2, -0.15) is 0 Å². The Hall–Kier alpha value is -2.56. The Kier molecular flexibility index (Phi) is 5.97. The van der Waals surface area contributed by atoms with Crippen molar-refractivity contribution in [3.63, 3.8) is 0 Å². The van der Waals surface area contributed by atoms with Gasteiger partial charge in [0.15, 0.2) is 0 Å². The average Bonchev–Trinajstić information content (AvgIpc) is 2.56. The molecule has 0 aromatic heterocycles. The molecule has 0 atom stereocenters. The van der Waals surface area contributed by atoms with Gasteiger partial charge in [0, 0.05) is 25.7 Å². The molecular formula is C18H21FN2O2. The van der Waals surface area contributed by atoms with Gasteiger partial charge in [-0.3, -0.25) is 0 Å². The Morgan fingerprint density at radius 1 is 1.17 bits per heavy atom. The molecule has 2 aromatic rings. The maximum absolute atomic E-state index is 13.5. The second-order valence-corrected chi connectivity index (χ2v) is 5.18. The third kappa shape index (κ3) is 4.98. The first-order chi connectivity index (χ1) is 11.1. The quantitative estimate of drug-likeness (QED) is 0.885. The molecule has 4 nitrogen and oxygen atoms in total. The minimum Gasteiger partial charge on any atom is -0.494 e. The van der Waals surface area contributed by atoms with E-state index in [1.54, 1.807) is 30.1 Å². The molecule has 2 aromatic carbocycles. The van der Waals surface area contributed by atoms with Crippen molar-refractivity contribution in [2.24, 2.45) is 0 Å². The van der Waals surface area contributed by atoms with Crippen LogP contribution < -0.4 is 10.1 Å². The van der Waals surface area contributed by atoms with Crippen LogP contribution in [0.2, 0.25) is 0 Å². The number of amides is 2. The summed E-state index contributed by atoms with van der Waals surface area (Å²) in [6.45, 7) is 3.19. The molecule has 0 spiro atoms. The number of hydrogen-bond acceptors (Lipinski definition) is 2. The molecule has 1 N–H and O–H groups in total. The highest BCUT2D eigenvalue weighted by atomic mass is 19.1. The summed E-state index contributed by atoms with van der Waals surface area (Å²) >= 11 is 0. The highest BCUT2D eigenvalue weighted by Crippen LogP contribution is 2.13. The van der Waals surface area contributed by atoms with E-state index in [2.05, 4.69) is 5.32 Å². The molecule has 0 saturated heterocycles. The van der Waals surface area contributed by atoms with Gasteiger partial charge in [0.2, 0.25) is 0 Å². The Morgan fingerprint density at radius 3 is 2.52 bits per heavy atom. The molecule has 0 heterocycles. The summed E-state index contributed by atoms with van der Waals surface area (Å²) in [6, 6.07) is 13.8. The Labute approximate surface area is 135 Å². The van der Waals surface area contributed by atoms with Gasteiger partial charge in [-0.1, -0.05) is 30.3 Å². The summed E-state index contributed by atoms with van der Waals surface area (Å²) in [4.78, 5) is 13.6. The number of benzene rings is 2. The number of carbonyl (C=O) groups is 1. The van der Waals surface area contributed by atoms with Crippen LogP contribution in [0.1, 0.15) is 18.1 Å². The molecule has 0 aliphatic carbocycles. The van der Waals surface area contributed by atoms with Crippen molar-refractivity contribution in [2.75, 3.05) is 13.7 Å². The first-order valence-electron chi connectivity index (χ1n) is 7.54. The number of ether oxygens (including phenoxy) is 1. The monoisotopic (exact) mass is 316 g/mol. The van der Waals surface area contributed by atoms with Crippen LogP contribution in [-0.4, -0.2) is 24.6 Å². The van der Waals surface area contributed by atoms with E-state index >= 15 is 0 Å². The summed E-state index contributed by atoms with van der Waals surface area (Å²) in [7, 11) is 1.70. The van der Waals surface area contributed by atoms with Crippen LogP contribution in [-0.2, 0) is 13.1 Å². The predicted molar refractivity (Wildman–Crippen MR) is 87.7 cm³/mol. The highest BCUT2D eigenvalue weighted by molar-refractivity contribution is 5.73. The molecule has 0 fully saturated rings. The lowest BCUT2D eigenvalue weighted by Gasteiger charge is -2.18. The molecule has 0 bridgehead atoms. The number of nitrogens with zero attached hydrogens (tertiary/aromatic N) is 1. The molecule has 0 aliphatic rings. The van der Waals surface area contributed by atoms with Crippen LogP contribution in [0, 0.1) is 5.82 Å². The van der Waals surface area contributed by atoms with Gasteiger partial charge in [-0.05, 0) is 30.7 Å². The van der Waals surface area contributed by atoms with Crippen LogP contribution >= 0.6 is 0 Å². The third-order valence-electron chi connectivity index (χ3n) is 3.39. The van der Waals surface area contributed by atoms with Crippen molar-refractivity contribution in [2.45, 2.75) is 20.0 Å². The zero-order valence-electron chi connectivity index (χ0n) is 13.4. The van der Waals surface area contributed by atoms with Crippen molar-refractivity contribution in [1.82, 2.24) is 10.2 Å². The minimum absolute atomic E-state index is 0.166. The second-order valence-electron chi connectivity index (χ2n) is 5.18. The van der Waals surface area contributed by atoms with Crippen LogP contribution in [0.25, 0.3) is 0 Å². The Morgan fingerprint density at radius 2 is 1.87 bits per heavy atom. The second kappa shape index (κ2) is 8.17. The third-order valence-corrected chi connectivity index (χ3v) is 3.39. The topological polar surface area (TPSA) is 41.6 Å². The molecule has 23 heavy (non-hydrogen) atoms. The van der Waals surface area contributed by atoms with Crippen molar-refractivity contribution in [3.05, 3.63) is 65.5 Å². The smallest absolute Gasteiger partial charge is 0.317 e. The van der Waals surface area contributed by atoms with Crippen molar-refractivity contribution >= 4 is 6.03 Å². The number of nitrogens with one attached hydrogen (secondary N) is 1. The van der Waals surface area contributed by atoms with Crippen molar-refractivity contribution in [1.29, 1.82) is 0 Å². The molecule has 0 radical (unpaired) electrons. The van der Waals surface area contributed by atoms with E-state index in [9.17, 15) is 9.18 Å². The van der Waals surface area contributed by atoms with E-state index in [0.29, 0.717) is 18.7 Å². The molecule has 2 amide bonds. The first kappa shape index (κ1) is 16.8. The number of carbonyl (C=O) groups excluding carboxylic acids is 1. The standard InChI is InChI=1S/C18H21FN2O2/c1-3-23-16-10-8-14(9-11-16)13-21(2)18(22)20-12-15-6-4-5-7-17(15)19/h4-11H,3,12-13H2,1-2H3,(H,20,22). The lowest BCUT2D eigenvalue weighted by atomic mass is 10.2. The summed E-state index contributed by atoms with van der Waals surface area (Å²) in [6.07, 6.45) is 0. The van der Waals surface area contributed by atoms with Gasteiger partial charge in [0.1, 0.15) is 11.6 Å². The lowest BCUT2D eigenvalue weighted by molar-refractivity contribution is 0.206. The van der Waals surface area contributed by atoms with E-state index in [0.717, 1.165) is 11.3 Å². The summed E-state index contributed by atoms with van der Waals surface area (Å²) < 4.78 is 18.9. The molecule has 0 saturated carbocycles. The molecule has 122 valence electrons. The van der Waals surface area contributed by atoms with E-state index in [1.807, 2.05) is 31.2 Å². The largest absolute Gasteiger partial charge is 0.494 e. The maximum Gasteiger partial charge on any atom is 0.317 e. The van der Waals surface area contributed by atoms with Crippen LogP contribution in [0.4, 0.5) is 9.18 Å². The normalized spacial score (nSPS) is 10.2. The van der Waals surface area contributed by atoms with Gasteiger partial charge >= 0.3 is 6.03 Å². The molecular weight excluding hydrogens is 295 g/mol. The van der Waals surface area contributed by atoms with Crippen LogP contribution in [0.15, 0.2) is 48.5 Å². The number of hydrogen-bond donors (Lipinski definition) is 1. The summed E-state index contributed by atoms with van der Waals surface area (Å²) in [5.41, 5.74) is 1.47. The minimum atomic E-state index is -0.318. The van der Waals surface area contributed by atoms with E-state index in [1.165, 1.54) is 6.07 Å². The van der Waals surface area contributed by atoms with Crippen LogP contribution in [0.5, 0.6) is 5.75 Å². The van der Waals surface area contributed by atoms with Crippen molar-refractivity contribution in [3.8, 4) is 5.75 Å². The Bertz CT molecular complexity index is 644. The fourth-order valence-corrected chi connectivity index (χ4v) is 2.15. The molecule has 2 rings (SSSR count). The SMILES string of the molecule is CCOc1ccc(CN(C)C(=O)NCc2ccccc2F)cc1. The predicted octanol–water partition coefficient (Wildman–Crippen LogP) is 3.57. The zero-order chi connectivity index (χ0) is 16.7. The maximum atomic E-state index is 13.5. The highest BCUT2D eigenvalue weighted by Gasteiger charge is 2.10.